The lowest BCUT2D eigenvalue weighted by Gasteiger charge is -2.16. The molecule has 74 valence electrons. The molecule has 0 aliphatic carbocycles. The molecule has 1 aromatic carbocycles. The van der Waals surface area contributed by atoms with Crippen molar-refractivity contribution in [1.29, 1.82) is 0 Å². The van der Waals surface area contributed by atoms with Crippen molar-refractivity contribution < 1.29 is 14.3 Å². The summed E-state index contributed by atoms with van der Waals surface area (Å²) < 4.78 is 10.9. The molecule has 0 saturated heterocycles. The number of ether oxygens (including phenoxy) is 2. The Labute approximate surface area is 81.6 Å². The van der Waals surface area contributed by atoms with Gasteiger partial charge in [-0.25, -0.2) is 0 Å². The third-order valence-corrected chi connectivity index (χ3v) is 1.95. The van der Waals surface area contributed by atoms with Gasteiger partial charge in [-0.1, -0.05) is 6.07 Å². The molecule has 0 radical (unpaired) electrons. The third kappa shape index (κ3) is 1.28. The van der Waals surface area contributed by atoms with Crippen molar-refractivity contribution in [3.8, 4) is 11.5 Å². The normalized spacial score (nSPS) is 16.7. The van der Waals surface area contributed by atoms with E-state index in [1.807, 2.05) is 0 Å². The Morgan fingerprint density at radius 2 is 2.07 bits per heavy atom. The minimum atomic E-state index is -0.728. The van der Waals surface area contributed by atoms with Crippen LogP contribution in [0.15, 0.2) is 18.2 Å². The summed E-state index contributed by atoms with van der Waals surface area (Å²) >= 11 is 0. The standard InChI is InChI=1S/C10H11NO3/c1-10(2)13-7-5-3-4-6(9(11)12)8(7)14-10/h3-5H,1-2H3,(H2,11,12). The summed E-state index contributed by atoms with van der Waals surface area (Å²) in [7, 11) is 0. The molecule has 4 nitrogen and oxygen atoms in total. The Morgan fingerprint density at radius 3 is 2.71 bits per heavy atom. The Kier molecular flexibility index (Phi) is 1.67. The first-order chi connectivity index (χ1) is 6.49. The van der Waals surface area contributed by atoms with Gasteiger partial charge in [-0.15, -0.1) is 0 Å². The first-order valence-electron chi connectivity index (χ1n) is 4.30. The monoisotopic (exact) mass is 193 g/mol. The Morgan fingerprint density at radius 1 is 1.36 bits per heavy atom. The molecule has 1 amide bonds. The molecule has 1 aliphatic heterocycles. The average Bonchev–Trinajstić information content (AvgIpc) is 2.36. The number of nitrogens with two attached hydrogens (primary N) is 1. The van der Waals surface area contributed by atoms with Gasteiger partial charge < -0.3 is 15.2 Å². The van der Waals surface area contributed by atoms with Gasteiger partial charge in [0.25, 0.3) is 5.91 Å². The summed E-state index contributed by atoms with van der Waals surface area (Å²) in [5.74, 6) is -0.243. The summed E-state index contributed by atoms with van der Waals surface area (Å²) in [6, 6.07) is 5.08. The summed E-state index contributed by atoms with van der Waals surface area (Å²) in [6.45, 7) is 3.55. The highest BCUT2D eigenvalue weighted by Gasteiger charge is 2.34. The van der Waals surface area contributed by atoms with Gasteiger partial charge in [0, 0.05) is 13.8 Å². The molecule has 4 heteroatoms. The van der Waals surface area contributed by atoms with Crippen LogP contribution in [0.25, 0.3) is 0 Å². The maximum absolute atomic E-state index is 11.1. The van der Waals surface area contributed by atoms with E-state index in [1.165, 1.54) is 0 Å². The van der Waals surface area contributed by atoms with E-state index in [4.69, 9.17) is 15.2 Å². The molecule has 14 heavy (non-hydrogen) atoms. The minimum absolute atomic E-state index is 0.355. The van der Waals surface area contributed by atoms with E-state index in [-0.39, 0.29) is 0 Å². The van der Waals surface area contributed by atoms with Crippen LogP contribution >= 0.6 is 0 Å². The van der Waals surface area contributed by atoms with E-state index in [9.17, 15) is 4.79 Å². The second-order valence-corrected chi connectivity index (χ2v) is 3.60. The molecule has 1 aliphatic rings. The highest BCUT2D eigenvalue weighted by atomic mass is 16.7. The van der Waals surface area contributed by atoms with Crippen LogP contribution in [0.4, 0.5) is 0 Å². The van der Waals surface area contributed by atoms with E-state index in [0.717, 1.165) is 0 Å². The lowest BCUT2D eigenvalue weighted by Crippen LogP contribution is -2.30. The van der Waals surface area contributed by atoms with Crippen molar-refractivity contribution in [2.24, 2.45) is 5.73 Å². The highest BCUT2D eigenvalue weighted by molar-refractivity contribution is 5.96. The summed E-state index contributed by atoms with van der Waals surface area (Å²) in [6.07, 6.45) is 0. The zero-order valence-electron chi connectivity index (χ0n) is 8.03. The van der Waals surface area contributed by atoms with E-state index >= 15 is 0 Å². The van der Waals surface area contributed by atoms with E-state index in [1.54, 1.807) is 32.0 Å². The number of para-hydroxylation sites is 1. The Balaban J connectivity index is 2.52. The van der Waals surface area contributed by atoms with Gasteiger partial charge in [0.05, 0.1) is 5.56 Å². The first-order valence-corrected chi connectivity index (χ1v) is 4.30. The molecule has 1 heterocycles. The number of rotatable bonds is 1. The van der Waals surface area contributed by atoms with Crippen molar-refractivity contribution in [1.82, 2.24) is 0 Å². The number of carbonyl (C=O) groups excluding carboxylic acids is 1. The van der Waals surface area contributed by atoms with Gasteiger partial charge in [-0.2, -0.15) is 0 Å². The zero-order chi connectivity index (χ0) is 10.3. The number of hydrogen-bond donors (Lipinski definition) is 1. The number of primary amides is 1. The van der Waals surface area contributed by atoms with E-state index in [0.29, 0.717) is 17.1 Å². The predicted octanol–water partition coefficient (Wildman–Crippen LogP) is 1.29. The maximum atomic E-state index is 11.1. The quantitative estimate of drug-likeness (QED) is 0.731. The predicted molar refractivity (Wildman–Crippen MR) is 50.3 cm³/mol. The fourth-order valence-corrected chi connectivity index (χ4v) is 1.43. The van der Waals surface area contributed by atoms with Gasteiger partial charge in [0.1, 0.15) is 0 Å². The third-order valence-electron chi connectivity index (χ3n) is 1.95. The molecule has 0 saturated carbocycles. The second-order valence-electron chi connectivity index (χ2n) is 3.60. The Bertz CT molecular complexity index is 398. The topological polar surface area (TPSA) is 61.5 Å². The fourth-order valence-electron chi connectivity index (χ4n) is 1.43. The van der Waals surface area contributed by atoms with Gasteiger partial charge in [-0.3, -0.25) is 4.79 Å². The van der Waals surface area contributed by atoms with E-state index < -0.39 is 11.7 Å². The van der Waals surface area contributed by atoms with Crippen LogP contribution in [0, 0.1) is 0 Å². The number of carbonyl (C=O) groups is 1. The number of benzene rings is 1. The summed E-state index contributed by atoms with van der Waals surface area (Å²) in [5.41, 5.74) is 5.56. The van der Waals surface area contributed by atoms with Crippen LogP contribution in [0.1, 0.15) is 24.2 Å². The smallest absolute Gasteiger partial charge is 0.252 e. The molecule has 0 fully saturated rings. The highest BCUT2D eigenvalue weighted by Crippen LogP contribution is 2.41. The van der Waals surface area contributed by atoms with Crippen LogP contribution in [0.5, 0.6) is 11.5 Å². The molecule has 1 aromatic rings. The number of hydrogen-bond acceptors (Lipinski definition) is 3. The van der Waals surface area contributed by atoms with Crippen molar-refractivity contribution in [2.75, 3.05) is 0 Å². The largest absolute Gasteiger partial charge is 0.449 e. The van der Waals surface area contributed by atoms with Crippen LogP contribution in [0.2, 0.25) is 0 Å². The van der Waals surface area contributed by atoms with Crippen molar-refractivity contribution in [2.45, 2.75) is 19.6 Å². The van der Waals surface area contributed by atoms with Gasteiger partial charge in [0.15, 0.2) is 11.5 Å². The van der Waals surface area contributed by atoms with Crippen molar-refractivity contribution >= 4 is 5.91 Å². The molecule has 0 bridgehead atoms. The van der Waals surface area contributed by atoms with E-state index in [2.05, 4.69) is 0 Å². The zero-order valence-corrected chi connectivity index (χ0v) is 8.03. The molecule has 2 rings (SSSR count). The van der Waals surface area contributed by atoms with Gasteiger partial charge >= 0.3 is 0 Å². The summed E-state index contributed by atoms with van der Waals surface area (Å²) in [4.78, 5) is 11.1. The lowest BCUT2D eigenvalue weighted by atomic mass is 10.2. The number of fused-ring (bicyclic) bond motifs is 1. The summed E-state index contributed by atoms with van der Waals surface area (Å²) in [5, 5.41) is 0. The SMILES string of the molecule is CC1(C)Oc2cccc(C(N)=O)c2O1. The Hall–Kier alpha value is -1.71. The molecule has 0 atom stereocenters. The fraction of sp³-hybridized carbons (Fsp3) is 0.300. The molecule has 0 unspecified atom stereocenters. The first kappa shape index (κ1) is 8.87. The average molecular weight is 193 g/mol. The molecular weight excluding hydrogens is 182 g/mol. The molecule has 0 aromatic heterocycles. The molecule has 0 spiro atoms. The van der Waals surface area contributed by atoms with Crippen molar-refractivity contribution in [3.63, 3.8) is 0 Å². The van der Waals surface area contributed by atoms with Crippen LogP contribution in [0.3, 0.4) is 0 Å². The van der Waals surface area contributed by atoms with Crippen molar-refractivity contribution in [3.05, 3.63) is 23.8 Å². The number of amides is 1. The van der Waals surface area contributed by atoms with Crippen LogP contribution in [-0.2, 0) is 0 Å². The van der Waals surface area contributed by atoms with Crippen LogP contribution in [-0.4, -0.2) is 11.7 Å². The second kappa shape index (κ2) is 2.64. The maximum Gasteiger partial charge on any atom is 0.252 e. The van der Waals surface area contributed by atoms with Gasteiger partial charge in [0.2, 0.25) is 5.79 Å². The van der Waals surface area contributed by atoms with Gasteiger partial charge in [-0.05, 0) is 12.1 Å². The van der Waals surface area contributed by atoms with Crippen LogP contribution < -0.4 is 15.2 Å². The molecule has 2 N–H and O–H groups in total. The lowest BCUT2D eigenvalue weighted by molar-refractivity contribution is -0.0433. The molecular formula is C10H11NO3. The minimum Gasteiger partial charge on any atom is -0.449 e.